The quantitative estimate of drug-likeness (QED) is 0.235. The zero-order valence-electron chi connectivity index (χ0n) is 23.6. The summed E-state index contributed by atoms with van der Waals surface area (Å²) >= 11 is 0. The number of nitrogens with zero attached hydrogens (tertiary/aromatic N) is 2. The first-order valence-electron chi connectivity index (χ1n) is 14.4. The maximum absolute atomic E-state index is 13.4. The van der Waals surface area contributed by atoms with Gasteiger partial charge in [0.25, 0.3) is 0 Å². The molecule has 2 fully saturated rings. The summed E-state index contributed by atoms with van der Waals surface area (Å²) in [7, 11) is 1.91. The molecular weight excluding hydrogens is 488 g/mol. The van der Waals surface area contributed by atoms with Crippen molar-refractivity contribution in [2.24, 2.45) is 5.92 Å². The van der Waals surface area contributed by atoms with E-state index in [1.54, 1.807) is 6.07 Å². The number of carbonyl (C=O) groups is 2. The van der Waals surface area contributed by atoms with Gasteiger partial charge in [-0.2, -0.15) is 0 Å². The molecule has 1 aliphatic carbocycles. The normalized spacial score (nSPS) is 24.9. The zero-order chi connectivity index (χ0) is 27.8. The first-order valence-corrected chi connectivity index (χ1v) is 14.4. The number of aromatic hydroxyl groups is 1. The smallest absolute Gasteiger partial charge is 0.302 e. The second-order valence-corrected chi connectivity index (χ2v) is 11.4. The molecule has 4 rings (SSSR count). The van der Waals surface area contributed by atoms with E-state index >= 15 is 0 Å². The molecule has 210 valence electrons. The Morgan fingerprint density at radius 3 is 2.67 bits per heavy atom. The number of hydrogen-bond acceptors (Lipinski definition) is 5. The molecule has 1 unspecified atom stereocenters. The highest BCUT2D eigenvalue weighted by atomic mass is 16.5. The average molecular weight is 533 g/mol. The molecule has 39 heavy (non-hydrogen) atoms. The number of aryl methyl sites for hydroxylation is 1. The molecule has 2 aromatic carbocycles. The molecule has 0 radical (unpaired) electrons. The number of fused-ring (bicyclic) bond motifs is 1. The Hall–Kier alpha value is -3.12. The molecule has 6 nitrogen and oxygen atoms in total. The topological polar surface area (TPSA) is 70.1 Å². The number of likely N-dealkylation sites (tertiary alicyclic amines) is 1. The summed E-state index contributed by atoms with van der Waals surface area (Å²) in [6.45, 7) is 7.83. The SMILES string of the molecule is C=CCN1CC[C@@]2(c3cccc(O)c3)C[C@H](N(C)C(=O)CCCCCc3ccccc3)CC(OC(C)=O)[C@@H]2C1. The van der Waals surface area contributed by atoms with Gasteiger partial charge < -0.3 is 14.7 Å². The van der Waals surface area contributed by atoms with Crippen LogP contribution >= 0.6 is 0 Å². The predicted octanol–water partition coefficient (Wildman–Crippen LogP) is 5.49. The van der Waals surface area contributed by atoms with Crippen molar-refractivity contribution in [3.63, 3.8) is 0 Å². The fraction of sp³-hybridized carbons (Fsp3) is 0.515. The molecule has 4 atom stereocenters. The summed E-state index contributed by atoms with van der Waals surface area (Å²) in [4.78, 5) is 29.9. The van der Waals surface area contributed by atoms with Crippen molar-refractivity contribution >= 4 is 11.9 Å². The molecular formula is C33H44N2O4. The van der Waals surface area contributed by atoms with Crippen LogP contribution in [0.3, 0.4) is 0 Å². The third-order valence-electron chi connectivity index (χ3n) is 8.86. The third kappa shape index (κ3) is 7.10. The van der Waals surface area contributed by atoms with Gasteiger partial charge in [0.1, 0.15) is 11.9 Å². The maximum atomic E-state index is 13.4. The molecule has 2 aromatic rings. The van der Waals surface area contributed by atoms with E-state index in [0.29, 0.717) is 12.8 Å². The molecule has 1 saturated heterocycles. The van der Waals surface area contributed by atoms with Crippen LogP contribution in [-0.2, 0) is 26.2 Å². The highest BCUT2D eigenvalue weighted by Crippen LogP contribution is 2.51. The van der Waals surface area contributed by atoms with Crippen molar-refractivity contribution in [2.45, 2.75) is 75.9 Å². The van der Waals surface area contributed by atoms with E-state index < -0.39 is 0 Å². The number of unbranched alkanes of at least 4 members (excludes halogenated alkanes) is 2. The Balaban J connectivity index is 1.49. The summed E-state index contributed by atoms with van der Waals surface area (Å²) in [5, 5.41) is 10.4. The van der Waals surface area contributed by atoms with Crippen molar-refractivity contribution in [1.29, 1.82) is 0 Å². The largest absolute Gasteiger partial charge is 0.508 e. The second kappa shape index (κ2) is 13.3. The van der Waals surface area contributed by atoms with E-state index in [-0.39, 0.29) is 41.1 Å². The van der Waals surface area contributed by atoms with Crippen molar-refractivity contribution in [1.82, 2.24) is 9.80 Å². The fourth-order valence-electron chi connectivity index (χ4n) is 6.84. The van der Waals surface area contributed by atoms with Gasteiger partial charge in [0.2, 0.25) is 5.91 Å². The summed E-state index contributed by atoms with van der Waals surface area (Å²) < 4.78 is 5.99. The van der Waals surface area contributed by atoms with E-state index in [2.05, 4.69) is 41.8 Å². The molecule has 0 aromatic heterocycles. The first kappa shape index (κ1) is 28.9. The molecule has 1 saturated carbocycles. The number of esters is 1. The lowest BCUT2D eigenvalue weighted by Gasteiger charge is -2.56. The van der Waals surface area contributed by atoms with Gasteiger partial charge in [-0.25, -0.2) is 0 Å². The van der Waals surface area contributed by atoms with Gasteiger partial charge >= 0.3 is 5.97 Å². The van der Waals surface area contributed by atoms with Gasteiger partial charge in [-0.3, -0.25) is 14.5 Å². The Kier molecular flexibility index (Phi) is 9.84. The molecule has 1 N–H and O–H groups in total. The standard InChI is InChI=1S/C33H44N2O4/c1-4-19-35-20-18-33(27-15-11-16-29(37)21-27)23-28(22-31(30(33)24-35)39-25(2)36)34(3)32(38)17-10-6-9-14-26-12-7-5-8-13-26/h4-5,7-8,11-13,15-16,21,28,30-31,37H,1,6,9-10,14,17-20,22-24H2,2-3H3/t28-,30+,31?,33+/m1/s1. The minimum absolute atomic E-state index is 0.0456. The van der Waals surface area contributed by atoms with Gasteiger partial charge in [0, 0.05) is 57.3 Å². The summed E-state index contributed by atoms with van der Waals surface area (Å²) in [5.74, 6) is 0.156. The molecule has 2 aliphatic rings. The van der Waals surface area contributed by atoms with Crippen LogP contribution in [0, 0.1) is 5.92 Å². The lowest BCUT2D eigenvalue weighted by Crippen LogP contribution is -2.61. The third-order valence-corrected chi connectivity index (χ3v) is 8.86. The van der Waals surface area contributed by atoms with Crippen LogP contribution < -0.4 is 0 Å². The molecule has 1 amide bonds. The fourth-order valence-corrected chi connectivity index (χ4v) is 6.84. The van der Waals surface area contributed by atoms with Crippen LogP contribution in [0.15, 0.2) is 67.3 Å². The Labute approximate surface area is 233 Å². The van der Waals surface area contributed by atoms with Crippen molar-refractivity contribution in [3.05, 3.63) is 78.4 Å². The molecule has 0 bridgehead atoms. The lowest BCUT2D eigenvalue weighted by molar-refractivity contribution is -0.160. The second-order valence-electron chi connectivity index (χ2n) is 11.4. The highest BCUT2D eigenvalue weighted by molar-refractivity contribution is 5.76. The number of phenols is 1. The van der Waals surface area contributed by atoms with Crippen LogP contribution in [-0.4, -0.2) is 65.6 Å². The molecule has 6 heteroatoms. The summed E-state index contributed by atoms with van der Waals surface area (Å²) in [6, 6.07) is 18.0. The molecule has 1 aliphatic heterocycles. The van der Waals surface area contributed by atoms with E-state index in [1.807, 2.05) is 36.2 Å². The number of carbonyl (C=O) groups excluding carboxylic acids is 2. The van der Waals surface area contributed by atoms with Gasteiger partial charge in [-0.05, 0) is 61.9 Å². The summed E-state index contributed by atoms with van der Waals surface area (Å²) in [6.07, 6.45) is 8.41. The van der Waals surface area contributed by atoms with Gasteiger partial charge in [-0.15, -0.1) is 6.58 Å². The van der Waals surface area contributed by atoms with E-state index in [0.717, 1.165) is 63.7 Å². The van der Waals surface area contributed by atoms with Crippen molar-refractivity contribution in [3.8, 4) is 5.75 Å². The number of amides is 1. The number of hydrogen-bond donors (Lipinski definition) is 1. The number of rotatable bonds is 11. The number of piperidine rings is 1. The van der Waals surface area contributed by atoms with E-state index in [9.17, 15) is 14.7 Å². The number of benzene rings is 2. The van der Waals surface area contributed by atoms with Crippen LogP contribution in [0.1, 0.15) is 63.0 Å². The highest BCUT2D eigenvalue weighted by Gasteiger charge is 2.54. The van der Waals surface area contributed by atoms with E-state index in [1.165, 1.54) is 12.5 Å². The van der Waals surface area contributed by atoms with Crippen molar-refractivity contribution in [2.75, 3.05) is 26.7 Å². The lowest BCUT2D eigenvalue weighted by atomic mass is 9.56. The average Bonchev–Trinajstić information content (AvgIpc) is 2.93. The van der Waals surface area contributed by atoms with Crippen LogP contribution in [0.4, 0.5) is 0 Å². The predicted molar refractivity (Wildman–Crippen MR) is 154 cm³/mol. The van der Waals surface area contributed by atoms with Crippen molar-refractivity contribution < 1.29 is 19.4 Å². The number of phenolic OH excluding ortho intramolecular Hbond substituents is 1. The number of ether oxygens (including phenoxy) is 1. The van der Waals surface area contributed by atoms with Crippen LogP contribution in [0.5, 0.6) is 5.75 Å². The Morgan fingerprint density at radius 2 is 1.95 bits per heavy atom. The summed E-state index contributed by atoms with van der Waals surface area (Å²) in [5.41, 5.74) is 2.10. The Morgan fingerprint density at radius 1 is 1.15 bits per heavy atom. The minimum atomic E-state index is -0.308. The van der Waals surface area contributed by atoms with Gasteiger partial charge in [0.15, 0.2) is 0 Å². The van der Waals surface area contributed by atoms with Crippen LogP contribution in [0.2, 0.25) is 0 Å². The minimum Gasteiger partial charge on any atom is -0.508 e. The molecule has 1 heterocycles. The maximum Gasteiger partial charge on any atom is 0.302 e. The van der Waals surface area contributed by atoms with Gasteiger partial charge in [0.05, 0.1) is 0 Å². The van der Waals surface area contributed by atoms with E-state index in [4.69, 9.17) is 4.74 Å². The van der Waals surface area contributed by atoms with Gasteiger partial charge in [-0.1, -0.05) is 55.0 Å². The zero-order valence-corrected chi connectivity index (χ0v) is 23.6. The molecule has 0 spiro atoms. The first-order chi connectivity index (χ1) is 18.8. The Bertz CT molecular complexity index is 1120. The monoisotopic (exact) mass is 532 g/mol. The van der Waals surface area contributed by atoms with Crippen LogP contribution in [0.25, 0.3) is 0 Å².